The zero-order valence-electron chi connectivity index (χ0n) is 9.03. The fraction of sp³-hybridized carbons (Fsp3) is 0.417. The largest absolute Gasteiger partial charge is 0.369 e. The van der Waals surface area contributed by atoms with Crippen LogP contribution >= 0.6 is 0 Å². The van der Waals surface area contributed by atoms with Crippen molar-refractivity contribution in [2.75, 3.05) is 18.0 Å². The lowest BCUT2D eigenvalue weighted by Crippen LogP contribution is -2.41. The molecule has 2 N–H and O–H groups in total. The van der Waals surface area contributed by atoms with Gasteiger partial charge in [-0.3, -0.25) is 4.79 Å². The Bertz CT molecular complexity index is 394. The van der Waals surface area contributed by atoms with Gasteiger partial charge < -0.3 is 10.6 Å². The van der Waals surface area contributed by atoms with Crippen molar-refractivity contribution >= 4 is 11.6 Å². The molecule has 1 unspecified atom stereocenters. The highest BCUT2D eigenvalue weighted by atomic mass is 19.1. The number of nitrogens with two attached hydrogens (primary N) is 1. The number of benzene rings is 1. The summed E-state index contributed by atoms with van der Waals surface area (Å²) in [5, 5.41) is 0. The number of piperidine rings is 1. The van der Waals surface area contributed by atoms with Crippen molar-refractivity contribution in [1.29, 1.82) is 0 Å². The maximum Gasteiger partial charge on any atom is 0.222 e. The normalized spacial score (nSPS) is 20.8. The van der Waals surface area contributed by atoms with Crippen LogP contribution in [0.2, 0.25) is 0 Å². The monoisotopic (exact) mass is 222 g/mol. The Morgan fingerprint density at radius 2 is 2.19 bits per heavy atom. The van der Waals surface area contributed by atoms with Crippen molar-refractivity contribution in [3.8, 4) is 0 Å². The van der Waals surface area contributed by atoms with Crippen molar-refractivity contribution in [2.24, 2.45) is 11.7 Å². The molecule has 3 nitrogen and oxygen atoms in total. The molecule has 1 aromatic carbocycles. The van der Waals surface area contributed by atoms with Crippen LogP contribution < -0.4 is 10.6 Å². The second kappa shape index (κ2) is 4.51. The van der Waals surface area contributed by atoms with E-state index in [2.05, 4.69) is 0 Å². The molecule has 1 fully saturated rings. The molecule has 86 valence electrons. The van der Waals surface area contributed by atoms with Crippen LogP contribution in [0.1, 0.15) is 12.8 Å². The van der Waals surface area contributed by atoms with Gasteiger partial charge in [0.2, 0.25) is 5.91 Å². The summed E-state index contributed by atoms with van der Waals surface area (Å²) in [5.41, 5.74) is 5.85. The average molecular weight is 222 g/mol. The first-order valence-electron chi connectivity index (χ1n) is 5.47. The van der Waals surface area contributed by atoms with E-state index in [4.69, 9.17) is 5.73 Å². The van der Waals surface area contributed by atoms with Crippen LogP contribution in [0.4, 0.5) is 10.1 Å². The standard InChI is InChI=1S/C12H15FN2O/c13-10-5-1-2-6-11(10)15-7-3-4-9(8-15)12(14)16/h1-2,5-6,9H,3-4,7-8H2,(H2,14,16). The highest BCUT2D eigenvalue weighted by Gasteiger charge is 2.25. The van der Waals surface area contributed by atoms with Crippen molar-refractivity contribution < 1.29 is 9.18 Å². The maximum atomic E-state index is 13.5. The number of halogens is 1. The van der Waals surface area contributed by atoms with Gasteiger partial charge in [-0.1, -0.05) is 12.1 Å². The smallest absolute Gasteiger partial charge is 0.222 e. The Labute approximate surface area is 94.0 Å². The highest BCUT2D eigenvalue weighted by molar-refractivity contribution is 5.77. The average Bonchev–Trinajstić information content (AvgIpc) is 2.30. The van der Waals surface area contributed by atoms with Crippen molar-refractivity contribution in [3.05, 3.63) is 30.1 Å². The lowest BCUT2D eigenvalue weighted by atomic mass is 9.97. The zero-order chi connectivity index (χ0) is 11.5. The van der Waals surface area contributed by atoms with Crippen LogP contribution in [0.5, 0.6) is 0 Å². The van der Waals surface area contributed by atoms with Crippen molar-refractivity contribution in [3.63, 3.8) is 0 Å². The molecular weight excluding hydrogens is 207 g/mol. The molecule has 4 heteroatoms. The molecule has 1 atom stereocenters. The van der Waals surface area contributed by atoms with E-state index >= 15 is 0 Å². The van der Waals surface area contributed by atoms with Gasteiger partial charge in [0.25, 0.3) is 0 Å². The molecule has 0 radical (unpaired) electrons. The third-order valence-corrected chi connectivity index (χ3v) is 3.02. The SMILES string of the molecule is NC(=O)C1CCCN(c2ccccc2F)C1. The molecule has 1 amide bonds. The summed E-state index contributed by atoms with van der Waals surface area (Å²) in [6.45, 7) is 1.31. The number of anilines is 1. The first-order valence-corrected chi connectivity index (χ1v) is 5.47. The number of para-hydroxylation sites is 1. The molecule has 1 heterocycles. The predicted octanol–water partition coefficient (Wildman–Crippen LogP) is 1.53. The molecule has 2 rings (SSSR count). The van der Waals surface area contributed by atoms with E-state index in [1.54, 1.807) is 18.2 Å². The minimum Gasteiger partial charge on any atom is -0.369 e. The molecule has 0 aliphatic carbocycles. The molecule has 1 aromatic rings. The van der Waals surface area contributed by atoms with E-state index in [1.165, 1.54) is 6.07 Å². The molecule has 0 aromatic heterocycles. The van der Waals surface area contributed by atoms with Crippen LogP contribution in [0.15, 0.2) is 24.3 Å². The molecule has 0 spiro atoms. The summed E-state index contributed by atoms with van der Waals surface area (Å²) in [7, 11) is 0. The first-order chi connectivity index (χ1) is 7.68. The summed E-state index contributed by atoms with van der Waals surface area (Å²) in [4.78, 5) is 13.0. The Hall–Kier alpha value is -1.58. The van der Waals surface area contributed by atoms with Gasteiger partial charge in [-0.2, -0.15) is 0 Å². The lowest BCUT2D eigenvalue weighted by molar-refractivity contribution is -0.122. The molecule has 0 bridgehead atoms. The Morgan fingerprint density at radius 1 is 1.44 bits per heavy atom. The van der Waals surface area contributed by atoms with Gasteiger partial charge in [-0.05, 0) is 25.0 Å². The number of nitrogens with zero attached hydrogens (tertiary/aromatic N) is 1. The van der Waals surface area contributed by atoms with Gasteiger partial charge in [0.15, 0.2) is 0 Å². The second-order valence-corrected chi connectivity index (χ2v) is 4.14. The summed E-state index contributed by atoms with van der Waals surface area (Å²) in [6.07, 6.45) is 1.68. The van der Waals surface area contributed by atoms with Crippen molar-refractivity contribution in [1.82, 2.24) is 0 Å². The Morgan fingerprint density at radius 3 is 2.88 bits per heavy atom. The van der Waals surface area contributed by atoms with Crippen LogP contribution in [0.25, 0.3) is 0 Å². The summed E-state index contributed by atoms with van der Waals surface area (Å²) in [6, 6.07) is 6.63. The molecule has 1 aliphatic heterocycles. The van der Waals surface area contributed by atoms with Crippen molar-refractivity contribution in [2.45, 2.75) is 12.8 Å². The number of hydrogen-bond donors (Lipinski definition) is 1. The number of primary amides is 1. The predicted molar refractivity (Wildman–Crippen MR) is 60.5 cm³/mol. The Balaban J connectivity index is 2.16. The van der Waals surface area contributed by atoms with E-state index < -0.39 is 0 Å². The fourth-order valence-electron chi connectivity index (χ4n) is 2.14. The highest BCUT2D eigenvalue weighted by Crippen LogP contribution is 2.25. The van der Waals surface area contributed by atoms with Crippen LogP contribution in [0, 0.1) is 11.7 Å². The zero-order valence-corrected chi connectivity index (χ0v) is 9.03. The topological polar surface area (TPSA) is 46.3 Å². The Kier molecular flexibility index (Phi) is 3.08. The van der Waals surface area contributed by atoms with Gasteiger partial charge in [-0.25, -0.2) is 4.39 Å². The third kappa shape index (κ3) is 2.15. The second-order valence-electron chi connectivity index (χ2n) is 4.14. The summed E-state index contributed by atoms with van der Waals surface area (Å²) in [5.74, 6) is -0.693. The number of amides is 1. The minimum atomic E-state index is -0.291. The van der Waals surface area contributed by atoms with Crippen LogP contribution in [0.3, 0.4) is 0 Å². The fourth-order valence-corrected chi connectivity index (χ4v) is 2.14. The number of hydrogen-bond acceptors (Lipinski definition) is 2. The van der Waals surface area contributed by atoms with Gasteiger partial charge in [0, 0.05) is 13.1 Å². The quantitative estimate of drug-likeness (QED) is 0.824. The molecule has 1 aliphatic rings. The van der Waals surface area contributed by atoms with Gasteiger partial charge in [-0.15, -0.1) is 0 Å². The van der Waals surface area contributed by atoms with Crippen LogP contribution in [-0.2, 0) is 4.79 Å². The maximum absolute atomic E-state index is 13.5. The van der Waals surface area contributed by atoms with Gasteiger partial charge in [0.05, 0.1) is 11.6 Å². The molecule has 16 heavy (non-hydrogen) atoms. The van der Waals surface area contributed by atoms with E-state index in [-0.39, 0.29) is 17.6 Å². The first kappa shape index (κ1) is 10.9. The minimum absolute atomic E-state index is 0.159. The number of rotatable bonds is 2. The van der Waals surface area contributed by atoms with E-state index in [1.807, 2.05) is 4.90 Å². The molecular formula is C12H15FN2O. The van der Waals surface area contributed by atoms with Gasteiger partial charge >= 0.3 is 0 Å². The van der Waals surface area contributed by atoms with Crippen LogP contribution in [-0.4, -0.2) is 19.0 Å². The molecule has 0 saturated carbocycles. The van der Waals surface area contributed by atoms with Gasteiger partial charge in [0.1, 0.15) is 5.82 Å². The van der Waals surface area contributed by atoms with E-state index in [9.17, 15) is 9.18 Å². The number of carbonyl (C=O) groups excluding carboxylic acids is 1. The summed E-state index contributed by atoms with van der Waals surface area (Å²) >= 11 is 0. The van der Waals surface area contributed by atoms with E-state index in [0.717, 1.165) is 19.4 Å². The molecule has 1 saturated heterocycles. The number of carbonyl (C=O) groups is 1. The lowest BCUT2D eigenvalue weighted by Gasteiger charge is -2.33. The van der Waals surface area contributed by atoms with E-state index in [0.29, 0.717) is 12.2 Å². The summed E-state index contributed by atoms with van der Waals surface area (Å²) < 4.78 is 13.5. The third-order valence-electron chi connectivity index (χ3n) is 3.02.